The monoisotopic (exact) mass is 443 g/mol. The molecule has 0 aromatic carbocycles. The van der Waals surface area contributed by atoms with E-state index in [1.54, 1.807) is 0 Å². The minimum atomic E-state index is -4.64. The zero-order chi connectivity index (χ0) is 22.3. The van der Waals surface area contributed by atoms with Crippen LogP contribution in [0.1, 0.15) is 44.9 Å². The molecule has 4 atom stereocenters. The predicted molar refractivity (Wildman–Crippen MR) is 93.3 cm³/mol. The summed E-state index contributed by atoms with van der Waals surface area (Å²) >= 11 is 0. The van der Waals surface area contributed by atoms with Crippen LogP contribution in [0, 0.1) is 0 Å². The molecule has 3 N–H and O–H groups in total. The van der Waals surface area contributed by atoms with Gasteiger partial charge in [-0.1, -0.05) is 0 Å². The van der Waals surface area contributed by atoms with Gasteiger partial charge < -0.3 is 15.7 Å². The standard InChI is InChI=1S/C17H20F7N5O/c1-7(17(22,23)24)25-14-27-13(9-2-3-10(18)12(30)11(9)19)28-15(29-14)26-8-4-5-16(20,21)6-8/h7-8,10,12,30H,2-6H2,1H3,(H2,25,26,27,28,29)/t7-,8-,10?,12?/m1/s1. The van der Waals surface area contributed by atoms with Gasteiger partial charge in [0, 0.05) is 24.5 Å². The lowest BCUT2D eigenvalue weighted by Crippen LogP contribution is -2.34. The van der Waals surface area contributed by atoms with Crippen LogP contribution in [0.25, 0.3) is 5.57 Å². The van der Waals surface area contributed by atoms with Gasteiger partial charge in [-0.3, -0.25) is 0 Å². The summed E-state index contributed by atoms with van der Waals surface area (Å²) in [7, 11) is 0. The molecule has 3 rings (SSSR count). The van der Waals surface area contributed by atoms with Gasteiger partial charge in [0.05, 0.1) is 0 Å². The Balaban J connectivity index is 1.94. The Morgan fingerprint density at radius 2 is 1.80 bits per heavy atom. The van der Waals surface area contributed by atoms with Gasteiger partial charge in [-0.15, -0.1) is 0 Å². The van der Waals surface area contributed by atoms with Gasteiger partial charge in [-0.05, 0) is 26.2 Å². The summed E-state index contributed by atoms with van der Waals surface area (Å²) in [6.45, 7) is 0.812. The summed E-state index contributed by atoms with van der Waals surface area (Å²) in [4.78, 5) is 11.5. The zero-order valence-corrected chi connectivity index (χ0v) is 15.8. The number of allylic oxidation sites excluding steroid dienone is 1. The first-order valence-electron chi connectivity index (χ1n) is 9.30. The maximum absolute atomic E-state index is 14.4. The highest BCUT2D eigenvalue weighted by Gasteiger charge is 2.40. The van der Waals surface area contributed by atoms with Gasteiger partial charge in [0.2, 0.25) is 17.8 Å². The number of halogens is 7. The molecular formula is C17H20F7N5O. The summed E-state index contributed by atoms with van der Waals surface area (Å²) in [5, 5.41) is 14.3. The van der Waals surface area contributed by atoms with E-state index >= 15 is 0 Å². The van der Waals surface area contributed by atoms with E-state index in [2.05, 4.69) is 20.3 Å². The van der Waals surface area contributed by atoms with Gasteiger partial charge in [0.1, 0.15) is 24.1 Å². The lowest BCUT2D eigenvalue weighted by atomic mass is 9.94. The molecule has 1 fully saturated rings. The second-order valence-corrected chi connectivity index (χ2v) is 7.48. The maximum Gasteiger partial charge on any atom is 0.408 e. The fourth-order valence-electron chi connectivity index (χ4n) is 3.29. The molecule has 2 unspecified atom stereocenters. The van der Waals surface area contributed by atoms with Crippen molar-refractivity contribution >= 4 is 17.5 Å². The largest absolute Gasteiger partial charge is 0.408 e. The number of hydrogen-bond acceptors (Lipinski definition) is 6. The Bertz CT molecular complexity index is 816. The third-order valence-electron chi connectivity index (χ3n) is 5.04. The van der Waals surface area contributed by atoms with E-state index in [1.165, 1.54) is 0 Å². The van der Waals surface area contributed by atoms with Crippen LogP contribution in [0.3, 0.4) is 0 Å². The number of aliphatic hydroxyl groups is 1. The second kappa shape index (κ2) is 8.16. The molecule has 1 aromatic rings. The van der Waals surface area contributed by atoms with Crippen molar-refractivity contribution in [2.45, 2.75) is 75.5 Å². The number of anilines is 2. The molecule has 0 radical (unpaired) electrons. The average Bonchev–Trinajstić information content (AvgIpc) is 2.97. The van der Waals surface area contributed by atoms with Crippen molar-refractivity contribution in [2.75, 3.05) is 10.6 Å². The van der Waals surface area contributed by atoms with Crippen molar-refractivity contribution in [1.82, 2.24) is 15.0 Å². The fraction of sp³-hybridized carbons (Fsp3) is 0.706. The topological polar surface area (TPSA) is 83.0 Å². The molecule has 1 aromatic heterocycles. The van der Waals surface area contributed by atoms with Gasteiger partial charge in [-0.2, -0.15) is 28.1 Å². The van der Waals surface area contributed by atoms with Crippen molar-refractivity contribution in [3.63, 3.8) is 0 Å². The van der Waals surface area contributed by atoms with Crippen LogP contribution in [0.5, 0.6) is 0 Å². The minimum absolute atomic E-state index is 0.0784. The molecule has 13 heteroatoms. The molecule has 30 heavy (non-hydrogen) atoms. The Kier molecular flexibility index (Phi) is 6.12. The average molecular weight is 443 g/mol. The van der Waals surface area contributed by atoms with E-state index in [9.17, 15) is 35.8 Å². The highest BCUT2D eigenvalue weighted by Crippen LogP contribution is 2.37. The lowest BCUT2D eigenvalue weighted by molar-refractivity contribution is -0.138. The molecule has 0 amide bonds. The number of nitrogens with one attached hydrogen (secondary N) is 2. The highest BCUT2D eigenvalue weighted by molar-refractivity contribution is 5.65. The van der Waals surface area contributed by atoms with Crippen LogP contribution in [0.4, 0.5) is 42.6 Å². The van der Waals surface area contributed by atoms with E-state index in [0.717, 1.165) is 6.92 Å². The molecule has 6 nitrogen and oxygen atoms in total. The Morgan fingerprint density at radius 1 is 1.13 bits per heavy atom. The minimum Gasteiger partial charge on any atom is -0.383 e. The van der Waals surface area contributed by atoms with E-state index < -0.39 is 60.5 Å². The van der Waals surface area contributed by atoms with Crippen LogP contribution in [-0.4, -0.2) is 56.5 Å². The van der Waals surface area contributed by atoms with Crippen LogP contribution < -0.4 is 10.6 Å². The van der Waals surface area contributed by atoms with Gasteiger partial charge in [0.25, 0.3) is 0 Å². The first-order chi connectivity index (χ1) is 13.9. The molecular weight excluding hydrogens is 423 g/mol. The van der Waals surface area contributed by atoms with E-state index in [-0.39, 0.29) is 37.2 Å². The first kappa shape index (κ1) is 22.5. The molecule has 1 heterocycles. The van der Waals surface area contributed by atoms with Crippen LogP contribution in [0.2, 0.25) is 0 Å². The third kappa shape index (κ3) is 5.10. The Hall–Kier alpha value is -2.18. The summed E-state index contributed by atoms with van der Waals surface area (Å²) in [6, 6.07) is -2.81. The predicted octanol–water partition coefficient (Wildman–Crippen LogP) is 4.01. The number of aliphatic hydroxyl groups excluding tert-OH is 1. The van der Waals surface area contributed by atoms with Crippen molar-refractivity contribution < 1.29 is 35.8 Å². The van der Waals surface area contributed by atoms with Gasteiger partial charge in [0.15, 0.2) is 5.82 Å². The van der Waals surface area contributed by atoms with Crippen LogP contribution >= 0.6 is 0 Å². The van der Waals surface area contributed by atoms with Gasteiger partial charge >= 0.3 is 6.18 Å². The summed E-state index contributed by atoms with van der Waals surface area (Å²) in [5.74, 6) is -5.41. The number of nitrogens with zero attached hydrogens (tertiary/aromatic N) is 3. The third-order valence-corrected chi connectivity index (χ3v) is 5.04. The number of hydrogen-bond donors (Lipinski definition) is 3. The maximum atomic E-state index is 14.4. The van der Waals surface area contributed by atoms with E-state index in [0.29, 0.717) is 0 Å². The number of aromatic nitrogens is 3. The summed E-state index contributed by atoms with van der Waals surface area (Å²) in [5.41, 5.74) is -0.277. The van der Waals surface area contributed by atoms with E-state index in [4.69, 9.17) is 0 Å². The molecule has 1 saturated carbocycles. The first-order valence-corrected chi connectivity index (χ1v) is 9.30. The molecule has 0 saturated heterocycles. The zero-order valence-electron chi connectivity index (χ0n) is 15.8. The molecule has 2 aliphatic rings. The molecule has 0 spiro atoms. The van der Waals surface area contributed by atoms with Crippen molar-refractivity contribution in [3.8, 4) is 0 Å². The fourth-order valence-corrected chi connectivity index (χ4v) is 3.29. The number of rotatable bonds is 5. The molecule has 0 bridgehead atoms. The Labute approximate surface area is 167 Å². The lowest BCUT2D eigenvalue weighted by Gasteiger charge is -2.23. The summed E-state index contributed by atoms with van der Waals surface area (Å²) < 4.78 is 93.4. The van der Waals surface area contributed by atoms with Gasteiger partial charge in [-0.25, -0.2) is 17.6 Å². The smallest absolute Gasteiger partial charge is 0.383 e. The molecule has 0 aliphatic heterocycles. The quantitative estimate of drug-likeness (QED) is 0.597. The summed E-state index contributed by atoms with van der Waals surface area (Å²) in [6.07, 6.45) is -9.77. The van der Waals surface area contributed by atoms with Crippen LogP contribution in [0.15, 0.2) is 5.83 Å². The molecule has 2 aliphatic carbocycles. The molecule has 168 valence electrons. The SMILES string of the molecule is C[C@@H](Nc1nc(N[C@@H]2CCC(F)(F)C2)nc(C2=C(F)C(O)C(F)CC2)n1)C(F)(F)F. The van der Waals surface area contributed by atoms with Crippen molar-refractivity contribution in [3.05, 3.63) is 11.7 Å². The van der Waals surface area contributed by atoms with E-state index in [1.807, 2.05) is 5.32 Å². The second-order valence-electron chi connectivity index (χ2n) is 7.48. The van der Waals surface area contributed by atoms with Crippen LogP contribution in [-0.2, 0) is 0 Å². The van der Waals surface area contributed by atoms with Crippen molar-refractivity contribution in [1.29, 1.82) is 0 Å². The highest BCUT2D eigenvalue weighted by atomic mass is 19.4. The normalized spacial score (nSPS) is 27.8. The number of alkyl halides is 6. The van der Waals surface area contributed by atoms with Crippen molar-refractivity contribution in [2.24, 2.45) is 0 Å². The Morgan fingerprint density at radius 3 is 2.40 bits per heavy atom.